The molecule has 2 unspecified atom stereocenters. The Morgan fingerprint density at radius 2 is 1.30 bits per heavy atom. The third-order valence-electron chi connectivity index (χ3n) is 4.09. The summed E-state index contributed by atoms with van der Waals surface area (Å²) in [6, 6.07) is 1.37. The molecule has 0 aromatic carbocycles. The Kier molecular flexibility index (Phi) is 15.9. The summed E-state index contributed by atoms with van der Waals surface area (Å²) in [5, 5.41) is 6.93. The van der Waals surface area contributed by atoms with Gasteiger partial charge in [0.2, 0.25) is 0 Å². The summed E-state index contributed by atoms with van der Waals surface area (Å²) in [6.07, 6.45) is 13.5. The fraction of sp³-hybridized carbons (Fsp3) is 1.00. The molecule has 0 aromatic heterocycles. The van der Waals surface area contributed by atoms with E-state index in [4.69, 9.17) is 0 Å². The van der Waals surface area contributed by atoms with Crippen LogP contribution in [0.5, 0.6) is 0 Å². The molecule has 0 heterocycles. The van der Waals surface area contributed by atoms with Gasteiger partial charge in [0.25, 0.3) is 0 Å². The topological polar surface area (TPSA) is 24.1 Å². The maximum absolute atomic E-state index is 4.24. The second kappa shape index (κ2) is 15.7. The van der Waals surface area contributed by atoms with Gasteiger partial charge in [-0.3, -0.25) is 0 Å². The van der Waals surface area contributed by atoms with E-state index in [-0.39, 0.29) is 0 Å². The number of hydrogen-bond acceptors (Lipinski definition) is 3. The number of rotatable bonds is 15. The minimum Gasteiger partial charge on any atom is -0.317 e. The van der Waals surface area contributed by atoms with Crippen LogP contribution in [0.15, 0.2) is 0 Å². The first-order chi connectivity index (χ1) is 9.70. The van der Waals surface area contributed by atoms with Crippen molar-refractivity contribution < 1.29 is 0 Å². The van der Waals surface area contributed by atoms with E-state index >= 15 is 0 Å². The van der Waals surface area contributed by atoms with Gasteiger partial charge in [-0.2, -0.15) is 12.6 Å². The highest BCUT2D eigenvalue weighted by molar-refractivity contribution is 7.80. The Labute approximate surface area is 133 Å². The summed E-state index contributed by atoms with van der Waals surface area (Å²) in [7, 11) is 2.05. The molecule has 2 N–H and O–H groups in total. The summed E-state index contributed by atoms with van der Waals surface area (Å²) in [5.41, 5.74) is 0. The Balaban J connectivity index is 3.17. The fourth-order valence-corrected chi connectivity index (χ4v) is 2.66. The Morgan fingerprint density at radius 1 is 0.750 bits per heavy atom. The summed E-state index contributed by atoms with van der Waals surface area (Å²) in [5.74, 6) is 1.03. The molecule has 20 heavy (non-hydrogen) atoms. The van der Waals surface area contributed by atoms with E-state index in [9.17, 15) is 0 Å². The van der Waals surface area contributed by atoms with E-state index in [1.54, 1.807) is 0 Å². The van der Waals surface area contributed by atoms with Gasteiger partial charge in [0.05, 0.1) is 0 Å². The summed E-state index contributed by atoms with van der Waals surface area (Å²) < 4.78 is 0. The molecule has 0 saturated carbocycles. The average molecular weight is 303 g/mol. The first-order valence-electron chi connectivity index (χ1n) is 8.72. The lowest BCUT2D eigenvalue weighted by Crippen LogP contribution is -2.26. The molecule has 0 amide bonds. The third-order valence-corrected chi connectivity index (χ3v) is 4.41. The standard InChI is InChI=1S/C17H38N2S/c1-16(18-3)12-8-5-4-6-9-13-17(2)19-14-10-7-11-15-20/h16-20H,4-15H2,1-3H3. The highest BCUT2D eigenvalue weighted by Gasteiger charge is 2.01. The van der Waals surface area contributed by atoms with Crippen LogP contribution in [0.25, 0.3) is 0 Å². The number of hydrogen-bond donors (Lipinski definition) is 3. The van der Waals surface area contributed by atoms with Crippen LogP contribution in [-0.4, -0.2) is 31.4 Å². The molecule has 0 radical (unpaired) electrons. The quantitative estimate of drug-likeness (QED) is 0.308. The zero-order valence-corrected chi connectivity index (χ0v) is 15.0. The van der Waals surface area contributed by atoms with Gasteiger partial charge in [0, 0.05) is 12.1 Å². The maximum atomic E-state index is 4.24. The molecule has 3 heteroatoms. The van der Waals surface area contributed by atoms with E-state index in [0.29, 0.717) is 12.1 Å². The smallest absolute Gasteiger partial charge is 0.00387 e. The molecule has 2 nitrogen and oxygen atoms in total. The Hall–Kier alpha value is 0.270. The third kappa shape index (κ3) is 14.7. The van der Waals surface area contributed by atoms with Gasteiger partial charge >= 0.3 is 0 Å². The molecule has 0 spiro atoms. The lowest BCUT2D eigenvalue weighted by atomic mass is 10.0. The van der Waals surface area contributed by atoms with Crippen molar-refractivity contribution in [3.05, 3.63) is 0 Å². The summed E-state index contributed by atoms with van der Waals surface area (Å²) in [6.45, 7) is 5.77. The fourth-order valence-electron chi connectivity index (χ4n) is 2.44. The van der Waals surface area contributed by atoms with Crippen LogP contribution >= 0.6 is 12.6 Å². The minimum absolute atomic E-state index is 0.682. The van der Waals surface area contributed by atoms with E-state index in [1.807, 2.05) is 0 Å². The molecule has 0 aliphatic rings. The molecule has 0 aliphatic carbocycles. The first-order valence-corrected chi connectivity index (χ1v) is 9.35. The predicted molar refractivity (Wildman–Crippen MR) is 96.0 cm³/mol. The second-order valence-electron chi connectivity index (χ2n) is 6.17. The van der Waals surface area contributed by atoms with Crippen LogP contribution in [-0.2, 0) is 0 Å². The van der Waals surface area contributed by atoms with Crippen LogP contribution in [0.2, 0.25) is 0 Å². The van der Waals surface area contributed by atoms with E-state index in [2.05, 4.69) is 44.2 Å². The van der Waals surface area contributed by atoms with Crippen molar-refractivity contribution >= 4 is 12.6 Å². The van der Waals surface area contributed by atoms with Crippen molar-refractivity contribution in [2.75, 3.05) is 19.3 Å². The summed E-state index contributed by atoms with van der Waals surface area (Å²) >= 11 is 4.24. The largest absolute Gasteiger partial charge is 0.317 e. The van der Waals surface area contributed by atoms with Crippen molar-refractivity contribution in [3.63, 3.8) is 0 Å². The van der Waals surface area contributed by atoms with Crippen LogP contribution < -0.4 is 10.6 Å². The van der Waals surface area contributed by atoms with Gasteiger partial charge in [0.15, 0.2) is 0 Å². The van der Waals surface area contributed by atoms with Crippen molar-refractivity contribution in [2.24, 2.45) is 0 Å². The lowest BCUT2D eigenvalue weighted by molar-refractivity contribution is 0.463. The van der Waals surface area contributed by atoms with Crippen molar-refractivity contribution in [1.29, 1.82) is 0 Å². The van der Waals surface area contributed by atoms with E-state index < -0.39 is 0 Å². The molecule has 0 fully saturated rings. The molecule has 0 aliphatic heterocycles. The molecule has 122 valence electrons. The molecule has 0 aromatic rings. The lowest BCUT2D eigenvalue weighted by Gasteiger charge is -2.13. The van der Waals surface area contributed by atoms with E-state index in [1.165, 1.54) is 70.8 Å². The van der Waals surface area contributed by atoms with E-state index in [0.717, 1.165) is 5.75 Å². The molecular formula is C17H38N2S. The van der Waals surface area contributed by atoms with Gasteiger partial charge in [-0.05, 0) is 58.9 Å². The zero-order valence-electron chi connectivity index (χ0n) is 14.1. The first kappa shape index (κ1) is 20.3. The van der Waals surface area contributed by atoms with Gasteiger partial charge < -0.3 is 10.6 Å². The second-order valence-corrected chi connectivity index (χ2v) is 6.62. The summed E-state index contributed by atoms with van der Waals surface area (Å²) in [4.78, 5) is 0. The van der Waals surface area contributed by atoms with Gasteiger partial charge in [-0.25, -0.2) is 0 Å². The normalized spacial score (nSPS) is 14.4. The molecule has 0 bridgehead atoms. The minimum atomic E-state index is 0.682. The van der Waals surface area contributed by atoms with Crippen LogP contribution in [0.1, 0.15) is 78.1 Å². The maximum Gasteiger partial charge on any atom is 0.00387 e. The van der Waals surface area contributed by atoms with Crippen LogP contribution in [0.3, 0.4) is 0 Å². The van der Waals surface area contributed by atoms with Gasteiger partial charge in [0.1, 0.15) is 0 Å². The van der Waals surface area contributed by atoms with Gasteiger partial charge in [-0.1, -0.05) is 38.5 Å². The van der Waals surface area contributed by atoms with Crippen molar-refractivity contribution in [1.82, 2.24) is 10.6 Å². The van der Waals surface area contributed by atoms with Crippen LogP contribution in [0.4, 0.5) is 0 Å². The highest BCUT2D eigenvalue weighted by atomic mass is 32.1. The molecular weight excluding hydrogens is 264 g/mol. The monoisotopic (exact) mass is 302 g/mol. The van der Waals surface area contributed by atoms with Gasteiger partial charge in [-0.15, -0.1) is 0 Å². The Morgan fingerprint density at radius 3 is 1.90 bits per heavy atom. The van der Waals surface area contributed by atoms with Crippen molar-refractivity contribution in [3.8, 4) is 0 Å². The molecule has 0 rings (SSSR count). The Bertz CT molecular complexity index is 188. The molecule has 2 atom stereocenters. The molecule has 0 saturated heterocycles. The highest BCUT2D eigenvalue weighted by Crippen LogP contribution is 2.10. The van der Waals surface area contributed by atoms with Crippen LogP contribution in [0, 0.1) is 0 Å². The van der Waals surface area contributed by atoms with Crippen molar-refractivity contribution in [2.45, 2.75) is 90.1 Å². The predicted octanol–water partition coefficient (Wildman–Crippen LogP) is 4.40. The number of thiol groups is 1. The SMILES string of the molecule is CNC(C)CCCCCCCC(C)NCCCCCS. The number of nitrogens with one attached hydrogen (secondary N) is 2. The number of unbranched alkanes of at least 4 members (excludes halogenated alkanes) is 6. The zero-order chi connectivity index (χ0) is 15.1. The average Bonchev–Trinajstić information content (AvgIpc) is 2.45.